The molecule has 1 amide bonds. The fraction of sp³-hybridized carbons (Fsp3) is 0.111. The predicted octanol–water partition coefficient (Wildman–Crippen LogP) is 3.38. The van der Waals surface area contributed by atoms with Gasteiger partial charge in [-0.1, -0.05) is 47.5 Å². The number of amides is 1. The molecule has 2 aromatic carbocycles. The number of carbonyl (C=O) groups is 1. The van der Waals surface area contributed by atoms with Crippen LogP contribution in [-0.4, -0.2) is 29.7 Å². The van der Waals surface area contributed by atoms with Crippen LogP contribution in [0.5, 0.6) is 0 Å². The van der Waals surface area contributed by atoms with Crippen LogP contribution in [-0.2, 0) is 0 Å². The van der Waals surface area contributed by atoms with E-state index in [1.54, 1.807) is 48.5 Å². The third kappa shape index (κ3) is 3.64. The number of hydrogen-bond donors (Lipinski definition) is 0. The Bertz CT molecular complexity index is 1130. The zero-order chi connectivity index (χ0) is 20.4. The molecule has 1 aromatic heterocycles. The Morgan fingerprint density at radius 3 is 2.04 bits per heavy atom. The zero-order valence-corrected chi connectivity index (χ0v) is 16.3. The number of halogens is 2. The van der Waals surface area contributed by atoms with Crippen LogP contribution in [0.2, 0.25) is 10.0 Å². The normalized spacial score (nSPS) is 10.6. The molecule has 3 aromatic rings. The van der Waals surface area contributed by atoms with Gasteiger partial charge in [-0.25, -0.2) is 14.4 Å². The van der Waals surface area contributed by atoms with Gasteiger partial charge in [-0.05, 0) is 24.3 Å². The van der Waals surface area contributed by atoms with Crippen molar-refractivity contribution in [1.29, 1.82) is 0 Å². The van der Waals surface area contributed by atoms with E-state index in [0.717, 1.165) is 4.90 Å². The molecule has 0 bridgehead atoms. The monoisotopic (exact) mass is 420 g/mol. The SMILES string of the molecule is CN(C(=O)n1c(=O)nc(N(C)c2ccccc2Cl)oc1=O)c1ccccc1Cl. The van der Waals surface area contributed by atoms with Crippen LogP contribution in [0.4, 0.5) is 22.2 Å². The Morgan fingerprint density at radius 2 is 1.50 bits per heavy atom. The maximum absolute atomic E-state index is 12.6. The van der Waals surface area contributed by atoms with Gasteiger partial charge in [0.15, 0.2) is 0 Å². The van der Waals surface area contributed by atoms with Crippen molar-refractivity contribution in [2.24, 2.45) is 0 Å². The van der Waals surface area contributed by atoms with Gasteiger partial charge in [-0.3, -0.25) is 9.80 Å². The second-order valence-corrected chi connectivity index (χ2v) is 6.50. The van der Waals surface area contributed by atoms with Gasteiger partial charge >= 0.3 is 23.5 Å². The lowest BCUT2D eigenvalue weighted by molar-refractivity contribution is 0.243. The van der Waals surface area contributed by atoms with Gasteiger partial charge in [0.05, 0.1) is 21.4 Å². The number of nitrogens with zero attached hydrogens (tertiary/aromatic N) is 4. The van der Waals surface area contributed by atoms with Crippen LogP contribution in [0, 0.1) is 0 Å². The molecule has 144 valence electrons. The molecule has 0 saturated carbocycles. The van der Waals surface area contributed by atoms with Crippen molar-refractivity contribution in [3.63, 3.8) is 0 Å². The van der Waals surface area contributed by atoms with Gasteiger partial charge in [0.2, 0.25) is 0 Å². The van der Waals surface area contributed by atoms with Gasteiger partial charge in [0.1, 0.15) is 0 Å². The summed E-state index contributed by atoms with van der Waals surface area (Å²) in [7, 11) is 2.90. The summed E-state index contributed by atoms with van der Waals surface area (Å²) in [5.74, 6) is -1.18. The van der Waals surface area contributed by atoms with Crippen molar-refractivity contribution in [2.45, 2.75) is 0 Å². The Hall–Kier alpha value is -3.10. The molecule has 8 nitrogen and oxygen atoms in total. The minimum Gasteiger partial charge on any atom is -0.374 e. The third-order valence-electron chi connectivity index (χ3n) is 3.94. The fourth-order valence-electron chi connectivity index (χ4n) is 2.46. The van der Waals surface area contributed by atoms with Crippen molar-refractivity contribution < 1.29 is 9.21 Å². The van der Waals surface area contributed by atoms with E-state index in [1.165, 1.54) is 19.0 Å². The van der Waals surface area contributed by atoms with Crippen LogP contribution in [0.3, 0.4) is 0 Å². The highest BCUT2D eigenvalue weighted by Gasteiger charge is 2.23. The van der Waals surface area contributed by atoms with Crippen LogP contribution in [0.15, 0.2) is 62.5 Å². The Morgan fingerprint density at radius 1 is 0.964 bits per heavy atom. The third-order valence-corrected chi connectivity index (χ3v) is 4.58. The summed E-state index contributed by atoms with van der Waals surface area (Å²) in [5, 5.41) is 0.645. The van der Waals surface area contributed by atoms with Crippen molar-refractivity contribution in [1.82, 2.24) is 9.55 Å². The molecule has 0 saturated heterocycles. The summed E-state index contributed by atoms with van der Waals surface area (Å²) < 4.78 is 5.37. The second-order valence-electron chi connectivity index (χ2n) is 5.68. The number of benzene rings is 2. The molecular weight excluding hydrogens is 407 g/mol. The highest BCUT2D eigenvalue weighted by molar-refractivity contribution is 6.34. The van der Waals surface area contributed by atoms with Gasteiger partial charge < -0.3 is 4.42 Å². The van der Waals surface area contributed by atoms with Gasteiger partial charge in [0.25, 0.3) is 0 Å². The summed E-state index contributed by atoms with van der Waals surface area (Å²) in [5.41, 5.74) is -0.303. The van der Waals surface area contributed by atoms with Crippen molar-refractivity contribution in [3.8, 4) is 0 Å². The lowest BCUT2D eigenvalue weighted by Crippen LogP contribution is -2.46. The summed E-state index contributed by atoms with van der Waals surface area (Å²) in [6, 6.07) is 12.0. The number of hydrogen-bond acceptors (Lipinski definition) is 6. The lowest BCUT2D eigenvalue weighted by Gasteiger charge is -2.19. The maximum Gasteiger partial charge on any atom is 0.434 e. The van der Waals surface area contributed by atoms with E-state index in [0.29, 0.717) is 16.4 Å². The number of rotatable bonds is 3. The summed E-state index contributed by atoms with van der Waals surface area (Å²) in [6.07, 6.45) is 0. The van der Waals surface area contributed by atoms with E-state index in [4.69, 9.17) is 27.6 Å². The Kier molecular flexibility index (Phi) is 5.53. The molecule has 0 spiro atoms. The summed E-state index contributed by atoms with van der Waals surface area (Å²) >= 11 is 12.2. The van der Waals surface area contributed by atoms with Crippen LogP contribution < -0.4 is 21.2 Å². The molecule has 0 atom stereocenters. The van der Waals surface area contributed by atoms with Crippen molar-refractivity contribution in [3.05, 3.63) is 79.6 Å². The number of aromatic nitrogens is 2. The maximum atomic E-state index is 12.6. The van der Waals surface area contributed by atoms with Crippen LogP contribution in [0.1, 0.15) is 0 Å². The molecule has 0 aliphatic rings. The Balaban J connectivity index is 2.00. The molecule has 0 fully saturated rings. The molecule has 1 heterocycles. The zero-order valence-electron chi connectivity index (χ0n) is 14.8. The predicted molar refractivity (Wildman–Crippen MR) is 107 cm³/mol. The van der Waals surface area contributed by atoms with Gasteiger partial charge in [-0.2, -0.15) is 0 Å². The lowest BCUT2D eigenvalue weighted by atomic mass is 10.3. The smallest absolute Gasteiger partial charge is 0.374 e. The summed E-state index contributed by atoms with van der Waals surface area (Å²) in [6.45, 7) is 0. The van der Waals surface area contributed by atoms with Gasteiger partial charge in [0, 0.05) is 14.1 Å². The molecule has 0 aliphatic carbocycles. The molecule has 10 heteroatoms. The number of carbonyl (C=O) groups excluding carboxylic acids is 1. The van der Waals surface area contributed by atoms with E-state index in [2.05, 4.69) is 4.98 Å². The van der Waals surface area contributed by atoms with E-state index < -0.39 is 17.5 Å². The molecule has 3 rings (SSSR count). The van der Waals surface area contributed by atoms with E-state index in [1.807, 2.05) is 0 Å². The number of para-hydroxylation sites is 2. The molecular formula is C18H14Cl2N4O4. The van der Waals surface area contributed by atoms with E-state index in [9.17, 15) is 14.4 Å². The van der Waals surface area contributed by atoms with Crippen molar-refractivity contribution in [2.75, 3.05) is 23.9 Å². The first-order valence-corrected chi connectivity index (χ1v) is 8.72. The quantitative estimate of drug-likeness (QED) is 0.645. The highest BCUT2D eigenvalue weighted by Crippen LogP contribution is 2.28. The molecule has 28 heavy (non-hydrogen) atoms. The van der Waals surface area contributed by atoms with Crippen LogP contribution >= 0.6 is 23.2 Å². The highest BCUT2D eigenvalue weighted by atomic mass is 35.5. The second kappa shape index (κ2) is 7.87. The molecule has 0 radical (unpaired) electrons. The van der Waals surface area contributed by atoms with E-state index >= 15 is 0 Å². The molecule has 0 unspecified atom stereocenters. The summed E-state index contributed by atoms with van der Waals surface area (Å²) in [4.78, 5) is 43.5. The Labute approximate surface area is 169 Å². The topological polar surface area (TPSA) is 88.7 Å². The first-order valence-electron chi connectivity index (χ1n) is 7.96. The average molecular weight is 421 g/mol. The minimum absolute atomic E-state index is 0.277. The van der Waals surface area contributed by atoms with E-state index in [-0.39, 0.29) is 15.6 Å². The fourth-order valence-corrected chi connectivity index (χ4v) is 2.99. The minimum atomic E-state index is -1.18. The first-order chi connectivity index (χ1) is 13.3. The van der Waals surface area contributed by atoms with Crippen LogP contribution in [0.25, 0.3) is 0 Å². The first kappa shape index (κ1) is 19.7. The molecule has 0 N–H and O–H groups in total. The number of anilines is 3. The van der Waals surface area contributed by atoms with Gasteiger partial charge in [-0.15, -0.1) is 9.55 Å². The average Bonchev–Trinajstić information content (AvgIpc) is 2.67. The van der Waals surface area contributed by atoms with Crippen molar-refractivity contribution >= 4 is 46.6 Å². The molecule has 0 aliphatic heterocycles. The standard InChI is InChI=1S/C18H14Cl2N4O4/c1-22(13-9-5-3-7-11(13)19)16-21-15(25)24(18(27)28-16)17(26)23(2)14-10-6-4-8-12(14)20/h3-10H,1-2H3. The largest absolute Gasteiger partial charge is 0.434 e.